The molecule has 0 fully saturated rings. The van der Waals surface area contributed by atoms with Gasteiger partial charge in [-0.25, -0.2) is 9.78 Å². The average Bonchev–Trinajstić information content (AvgIpc) is 3.11. The first-order valence-electron chi connectivity index (χ1n) is 10.1. The van der Waals surface area contributed by atoms with Crippen LogP contribution in [0.25, 0.3) is 10.2 Å². The molecule has 152 valence electrons. The van der Waals surface area contributed by atoms with E-state index in [0.717, 1.165) is 54.7 Å². The molecule has 3 aromatic rings. The lowest BCUT2D eigenvalue weighted by atomic mass is 9.97. The molecule has 2 heterocycles. The molecule has 0 unspecified atom stereocenters. The van der Waals surface area contributed by atoms with Crippen molar-refractivity contribution in [1.29, 1.82) is 0 Å². The second-order valence-electron chi connectivity index (χ2n) is 7.22. The number of thiophene rings is 1. The number of ether oxygens (including phenoxy) is 2. The number of carbonyl (C=O) groups excluding carboxylic acids is 1. The van der Waals surface area contributed by atoms with Gasteiger partial charge in [0.25, 0.3) is 5.56 Å². The van der Waals surface area contributed by atoms with E-state index < -0.39 is 5.97 Å². The van der Waals surface area contributed by atoms with Gasteiger partial charge >= 0.3 is 5.97 Å². The number of aromatic nitrogens is 2. The first kappa shape index (κ1) is 19.6. The van der Waals surface area contributed by atoms with Gasteiger partial charge in [0.2, 0.25) is 0 Å². The largest absolute Gasteiger partial charge is 0.494 e. The highest BCUT2D eigenvalue weighted by Crippen LogP contribution is 2.33. The van der Waals surface area contributed by atoms with Crippen molar-refractivity contribution in [1.82, 2.24) is 9.55 Å². The Bertz CT molecular complexity index is 1070. The number of aryl methyl sites for hydroxylation is 2. The number of rotatable bonds is 7. The molecule has 4 rings (SSSR count). The monoisotopic (exact) mass is 412 g/mol. The number of unbranched alkanes of at least 4 members (excludes halogenated alkanes) is 1. The van der Waals surface area contributed by atoms with Gasteiger partial charge in [-0.3, -0.25) is 9.36 Å². The SMILES string of the molecule is CCCCOc1ccc(OC(=O)Cn2cnc3sc4c(c3c2=O)CCCC4)cc1. The van der Waals surface area contributed by atoms with Crippen LogP contribution in [0.4, 0.5) is 0 Å². The van der Waals surface area contributed by atoms with E-state index >= 15 is 0 Å². The van der Waals surface area contributed by atoms with E-state index in [1.807, 2.05) is 0 Å². The Kier molecular flexibility index (Phi) is 5.94. The van der Waals surface area contributed by atoms with E-state index in [1.165, 1.54) is 15.8 Å². The van der Waals surface area contributed by atoms with Crippen LogP contribution in [0.2, 0.25) is 0 Å². The number of esters is 1. The van der Waals surface area contributed by atoms with Crippen molar-refractivity contribution in [3.05, 3.63) is 51.4 Å². The van der Waals surface area contributed by atoms with Crippen LogP contribution in [0.5, 0.6) is 11.5 Å². The normalized spacial score (nSPS) is 13.3. The fraction of sp³-hybridized carbons (Fsp3) is 0.409. The van der Waals surface area contributed by atoms with Crippen molar-refractivity contribution < 1.29 is 14.3 Å². The van der Waals surface area contributed by atoms with Crippen LogP contribution in [0.1, 0.15) is 43.0 Å². The van der Waals surface area contributed by atoms with Gasteiger partial charge in [-0.2, -0.15) is 0 Å². The molecule has 2 aromatic heterocycles. The molecule has 29 heavy (non-hydrogen) atoms. The molecule has 0 bridgehead atoms. The molecule has 1 aliphatic carbocycles. The fourth-order valence-corrected chi connectivity index (χ4v) is 4.75. The van der Waals surface area contributed by atoms with Crippen LogP contribution in [0.3, 0.4) is 0 Å². The molecule has 1 aromatic carbocycles. The Morgan fingerprint density at radius 2 is 1.93 bits per heavy atom. The van der Waals surface area contributed by atoms with Crippen LogP contribution in [0.15, 0.2) is 35.4 Å². The van der Waals surface area contributed by atoms with E-state index in [9.17, 15) is 9.59 Å². The zero-order chi connectivity index (χ0) is 20.2. The maximum absolute atomic E-state index is 12.9. The molecule has 7 heteroatoms. The van der Waals surface area contributed by atoms with Gasteiger partial charge in [0.1, 0.15) is 22.9 Å². The molecular formula is C22H24N2O4S. The number of carbonyl (C=O) groups is 1. The lowest BCUT2D eigenvalue weighted by Crippen LogP contribution is -2.27. The number of benzene rings is 1. The Labute approximate surface area is 173 Å². The Morgan fingerprint density at radius 1 is 1.17 bits per heavy atom. The van der Waals surface area contributed by atoms with Gasteiger partial charge in [-0.15, -0.1) is 11.3 Å². The summed E-state index contributed by atoms with van der Waals surface area (Å²) in [4.78, 5) is 31.7. The molecule has 1 aliphatic rings. The summed E-state index contributed by atoms with van der Waals surface area (Å²) in [7, 11) is 0. The molecule has 0 spiro atoms. The van der Waals surface area contributed by atoms with Crippen LogP contribution < -0.4 is 15.0 Å². The summed E-state index contributed by atoms with van der Waals surface area (Å²) in [5, 5.41) is 0.675. The Hall–Kier alpha value is -2.67. The second kappa shape index (κ2) is 8.78. The number of nitrogens with zero attached hydrogens (tertiary/aromatic N) is 2. The molecule has 0 aliphatic heterocycles. The summed E-state index contributed by atoms with van der Waals surface area (Å²) in [6, 6.07) is 6.93. The van der Waals surface area contributed by atoms with Gasteiger partial charge in [-0.05, 0) is 61.9 Å². The predicted octanol–water partition coefficient (Wildman–Crippen LogP) is 4.12. The van der Waals surface area contributed by atoms with Crippen LogP contribution >= 0.6 is 11.3 Å². The van der Waals surface area contributed by atoms with E-state index in [1.54, 1.807) is 35.6 Å². The van der Waals surface area contributed by atoms with Crippen molar-refractivity contribution in [2.24, 2.45) is 0 Å². The summed E-state index contributed by atoms with van der Waals surface area (Å²) in [6.07, 6.45) is 7.68. The molecule has 0 amide bonds. The molecule has 0 saturated heterocycles. The molecule has 0 atom stereocenters. The zero-order valence-electron chi connectivity index (χ0n) is 16.5. The average molecular weight is 413 g/mol. The highest BCUT2D eigenvalue weighted by molar-refractivity contribution is 7.18. The summed E-state index contributed by atoms with van der Waals surface area (Å²) in [6.45, 7) is 2.61. The predicted molar refractivity (Wildman–Crippen MR) is 113 cm³/mol. The van der Waals surface area contributed by atoms with Gasteiger partial charge in [-0.1, -0.05) is 13.3 Å². The van der Waals surface area contributed by atoms with E-state index in [4.69, 9.17) is 9.47 Å². The van der Waals surface area contributed by atoms with Crippen LogP contribution in [0, 0.1) is 0 Å². The number of hydrogen-bond donors (Lipinski definition) is 0. The van der Waals surface area contributed by atoms with E-state index in [-0.39, 0.29) is 12.1 Å². The first-order valence-corrected chi connectivity index (χ1v) is 10.9. The Morgan fingerprint density at radius 3 is 2.72 bits per heavy atom. The molecular weight excluding hydrogens is 388 g/mol. The molecule has 0 saturated carbocycles. The third kappa shape index (κ3) is 4.34. The third-order valence-electron chi connectivity index (χ3n) is 5.06. The molecule has 0 radical (unpaired) electrons. The molecule has 6 nitrogen and oxygen atoms in total. The Balaban J connectivity index is 1.45. The van der Waals surface area contributed by atoms with Crippen LogP contribution in [-0.2, 0) is 24.2 Å². The van der Waals surface area contributed by atoms with Gasteiger partial charge in [0, 0.05) is 4.88 Å². The highest BCUT2D eigenvalue weighted by atomic mass is 32.1. The fourth-order valence-electron chi connectivity index (χ4n) is 3.53. The van der Waals surface area contributed by atoms with Gasteiger partial charge in [0.05, 0.1) is 18.3 Å². The standard InChI is InChI=1S/C22H24N2O4S/c1-2-3-12-27-15-8-10-16(11-9-15)28-19(25)13-24-14-23-21-20(22(24)26)17-6-4-5-7-18(17)29-21/h8-11,14H,2-7,12-13H2,1H3. The number of hydrogen-bond acceptors (Lipinski definition) is 6. The summed E-state index contributed by atoms with van der Waals surface area (Å²) >= 11 is 1.60. The number of fused-ring (bicyclic) bond motifs is 3. The van der Waals surface area contributed by atoms with E-state index in [2.05, 4.69) is 11.9 Å². The minimum Gasteiger partial charge on any atom is -0.494 e. The van der Waals surface area contributed by atoms with Crippen molar-refractivity contribution in [3.8, 4) is 11.5 Å². The first-order chi connectivity index (χ1) is 14.2. The molecule has 0 N–H and O–H groups in total. The van der Waals surface area contributed by atoms with Crippen LogP contribution in [-0.4, -0.2) is 22.1 Å². The maximum Gasteiger partial charge on any atom is 0.331 e. The lowest BCUT2D eigenvalue weighted by Gasteiger charge is -2.10. The quantitative estimate of drug-likeness (QED) is 0.332. The second-order valence-corrected chi connectivity index (χ2v) is 8.30. The smallest absolute Gasteiger partial charge is 0.331 e. The van der Waals surface area contributed by atoms with Gasteiger partial charge in [0.15, 0.2) is 0 Å². The third-order valence-corrected chi connectivity index (χ3v) is 6.26. The minimum absolute atomic E-state index is 0.161. The summed E-state index contributed by atoms with van der Waals surface area (Å²) in [5.74, 6) is 0.663. The highest BCUT2D eigenvalue weighted by Gasteiger charge is 2.20. The summed E-state index contributed by atoms with van der Waals surface area (Å²) in [5.41, 5.74) is 0.959. The van der Waals surface area contributed by atoms with Crippen molar-refractivity contribution >= 4 is 27.5 Å². The lowest BCUT2D eigenvalue weighted by molar-refractivity contribution is -0.135. The van der Waals surface area contributed by atoms with Crippen molar-refractivity contribution in [2.45, 2.75) is 52.0 Å². The summed E-state index contributed by atoms with van der Waals surface area (Å²) < 4.78 is 12.3. The van der Waals surface area contributed by atoms with Crippen molar-refractivity contribution in [3.63, 3.8) is 0 Å². The van der Waals surface area contributed by atoms with Crippen molar-refractivity contribution in [2.75, 3.05) is 6.61 Å². The van der Waals surface area contributed by atoms with E-state index in [0.29, 0.717) is 17.7 Å². The van der Waals surface area contributed by atoms with Gasteiger partial charge < -0.3 is 9.47 Å². The maximum atomic E-state index is 12.9. The minimum atomic E-state index is -0.503. The zero-order valence-corrected chi connectivity index (χ0v) is 17.3. The topological polar surface area (TPSA) is 70.4 Å².